The average molecular weight is 124 g/mol. The molecule has 50 valence electrons. The lowest BCUT2D eigenvalue weighted by molar-refractivity contribution is 0.635. The normalized spacial score (nSPS) is 26.3. The predicted octanol–water partition coefficient (Wildman–Crippen LogP) is 1.30. The van der Waals surface area contributed by atoms with E-state index in [9.17, 15) is 0 Å². The fourth-order valence-electron chi connectivity index (χ4n) is 1.06. The van der Waals surface area contributed by atoms with Gasteiger partial charge < -0.3 is 5.32 Å². The topological polar surface area (TPSA) is 24.4 Å². The van der Waals surface area contributed by atoms with E-state index in [2.05, 4.69) is 17.2 Å². The molecule has 1 aliphatic rings. The first kappa shape index (κ1) is 6.33. The highest BCUT2D eigenvalue weighted by Crippen LogP contribution is 2.00. The monoisotopic (exact) mass is 124 g/mol. The number of allylic oxidation sites excluding steroid dienone is 2. The highest BCUT2D eigenvalue weighted by atomic mass is 15.1. The molecule has 0 bridgehead atoms. The highest BCUT2D eigenvalue weighted by Gasteiger charge is 2.03. The van der Waals surface area contributed by atoms with Crippen LogP contribution in [-0.4, -0.2) is 11.9 Å². The lowest BCUT2D eigenvalue weighted by atomic mass is 10.3. The molecule has 0 saturated heterocycles. The minimum atomic E-state index is 0.259. The van der Waals surface area contributed by atoms with Crippen molar-refractivity contribution in [1.82, 2.24) is 5.32 Å². The second-order valence-electron chi connectivity index (χ2n) is 2.42. The molecule has 0 aliphatic carbocycles. The Labute approximate surface area is 55.7 Å². The summed E-state index contributed by atoms with van der Waals surface area (Å²) in [7, 11) is 0. The zero-order valence-corrected chi connectivity index (χ0v) is 6.10. The summed E-state index contributed by atoms with van der Waals surface area (Å²) < 4.78 is 0. The van der Waals surface area contributed by atoms with Crippen LogP contribution in [0.5, 0.6) is 0 Å². The van der Waals surface area contributed by atoms with Gasteiger partial charge in [-0.2, -0.15) is 0 Å². The van der Waals surface area contributed by atoms with Gasteiger partial charge in [-0.25, -0.2) is 0 Å². The van der Waals surface area contributed by atoms with E-state index in [1.54, 1.807) is 0 Å². The summed E-state index contributed by atoms with van der Waals surface area (Å²) in [4.78, 5) is 4.26. The van der Waals surface area contributed by atoms with Crippen LogP contribution >= 0.6 is 0 Å². The predicted molar refractivity (Wildman–Crippen MR) is 39.5 cm³/mol. The second-order valence-corrected chi connectivity index (χ2v) is 2.42. The Kier molecular flexibility index (Phi) is 1.56. The lowest BCUT2D eigenvalue weighted by Gasteiger charge is -2.16. The van der Waals surface area contributed by atoms with Gasteiger partial charge in [-0.3, -0.25) is 4.99 Å². The van der Waals surface area contributed by atoms with Gasteiger partial charge in [0.2, 0.25) is 0 Å². The standard InChI is InChI=1S/C7H12N2/c1-5-4-6(2)9-7(3)8-5/h4,7-8H,1-3H3/t7-/m0/s1. The Balaban J connectivity index is 2.74. The van der Waals surface area contributed by atoms with Crippen LogP contribution in [-0.2, 0) is 0 Å². The quantitative estimate of drug-likeness (QED) is 0.517. The maximum atomic E-state index is 4.26. The molecule has 0 amide bonds. The summed E-state index contributed by atoms with van der Waals surface area (Å²) in [5.41, 5.74) is 2.31. The van der Waals surface area contributed by atoms with E-state index in [1.807, 2.05) is 19.9 Å². The van der Waals surface area contributed by atoms with Gasteiger partial charge in [0.25, 0.3) is 0 Å². The Morgan fingerprint density at radius 3 is 2.67 bits per heavy atom. The molecule has 1 heterocycles. The minimum Gasteiger partial charge on any atom is -0.368 e. The van der Waals surface area contributed by atoms with Crippen LogP contribution in [0.15, 0.2) is 16.8 Å². The number of aliphatic imine (C=N–C) groups is 1. The first-order chi connectivity index (χ1) is 4.18. The molecule has 2 heteroatoms. The fourth-order valence-corrected chi connectivity index (χ4v) is 1.06. The van der Waals surface area contributed by atoms with Crippen molar-refractivity contribution in [3.05, 3.63) is 11.8 Å². The largest absolute Gasteiger partial charge is 0.368 e. The van der Waals surface area contributed by atoms with E-state index in [0.29, 0.717) is 0 Å². The molecular weight excluding hydrogens is 112 g/mol. The van der Waals surface area contributed by atoms with Crippen LogP contribution in [0.2, 0.25) is 0 Å². The molecule has 1 N–H and O–H groups in total. The third-order valence-electron chi connectivity index (χ3n) is 1.26. The van der Waals surface area contributed by atoms with Crippen LogP contribution in [0.4, 0.5) is 0 Å². The summed E-state index contributed by atoms with van der Waals surface area (Å²) in [5.74, 6) is 0. The van der Waals surface area contributed by atoms with E-state index in [4.69, 9.17) is 0 Å². The van der Waals surface area contributed by atoms with Crippen molar-refractivity contribution >= 4 is 5.71 Å². The molecule has 0 unspecified atom stereocenters. The van der Waals surface area contributed by atoms with Crippen molar-refractivity contribution in [3.63, 3.8) is 0 Å². The number of hydrogen-bond donors (Lipinski definition) is 1. The minimum absolute atomic E-state index is 0.259. The molecule has 0 aromatic carbocycles. The zero-order valence-electron chi connectivity index (χ0n) is 6.10. The van der Waals surface area contributed by atoms with E-state index in [1.165, 1.54) is 5.70 Å². The summed E-state index contributed by atoms with van der Waals surface area (Å²) in [6.45, 7) is 6.11. The molecular formula is C7H12N2. The molecule has 0 saturated carbocycles. The Bertz CT molecular complexity index is 168. The van der Waals surface area contributed by atoms with Crippen molar-refractivity contribution in [2.24, 2.45) is 4.99 Å². The van der Waals surface area contributed by atoms with Gasteiger partial charge in [0.1, 0.15) is 6.17 Å². The molecule has 0 aromatic heterocycles. The van der Waals surface area contributed by atoms with Gasteiger partial charge in [-0.15, -0.1) is 0 Å². The number of rotatable bonds is 0. The molecule has 0 spiro atoms. The first-order valence-corrected chi connectivity index (χ1v) is 3.18. The van der Waals surface area contributed by atoms with E-state index >= 15 is 0 Å². The van der Waals surface area contributed by atoms with Crippen molar-refractivity contribution < 1.29 is 0 Å². The fraction of sp³-hybridized carbons (Fsp3) is 0.571. The summed E-state index contributed by atoms with van der Waals surface area (Å²) in [5, 5.41) is 3.18. The van der Waals surface area contributed by atoms with Crippen molar-refractivity contribution in [2.75, 3.05) is 0 Å². The first-order valence-electron chi connectivity index (χ1n) is 3.18. The van der Waals surface area contributed by atoms with Gasteiger partial charge in [-0.1, -0.05) is 0 Å². The van der Waals surface area contributed by atoms with E-state index < -0.39 is 0 Å². The number of nitrogens with one attached hydrogen (secondary N) is 1. The van der Waals surface area contributed by atoms with Crippen LogP contribution in [0, 0.1) is 0 Å². The van der Waals surface area contributed by atoms with E-state index in [-0.39, 0.29) is 6.17 Å². The third kappa shape index (κ3) is 1.56. The van der Waals surface area contributed by atoms with Crippen LogP contribution in [0.1, 0.15) is 20.8 Å². The maximum Gasteiger partial charge on any atom is 0.115 e. The van der Waals surface area contributed by atoms with Crippen molar-refractivity contribution in [1.29, 1.82) is 0 Å². The Hall–Kier alpha value is -0.790. The van der Waals surface area contributed by atoms with Gasteiger partial charge >= 0.3 is 0 Å². The van der Waals surface area contributed by atoms with E-state index in [0.717, 1.165) is 5.71 Å². The van der Waals surface area contributed by atoms with Crippen LogP contribution in [0.25, 0.3) is 0 Å². The van der Waals surface area contributed by atoms with Gasteiger partial charge in [-0.05, 0) is 26.8 Å². The molecule has 1 aliphatic heterocycles. The molecule has 0 radical (unpaired) electrons. The summed E-state index contributed by atoms with van der Waals surface area (Å²) >= 11 is 0. The SMILES string of the molecule is CC1=CC(C)=N[C@@H](C)N1. The highest BCUT2D eigenvalue weighted by molar-refractivity contribution is 5.93. The van der Waals surface area contributed by atoms with Crippen LogP contribution < -0.4 is 5.32 Å². The summed E-state index contributed by atoms with van der Waals surface area (Å²) in [6.07, 6.45) is 2.30. The number of nitrogens with zero attached hydrogens (tertiary/aromatic N) is 1. The molecule has 1 rings (SSSR count). The number of hydrogen-bond acceptors (Lipinski definition) is 2. The van der Waals surface area contributed by atoms with Gasteiger partial charge in [0.15, 0.2) is 0 Å². The van der Waals surface area contributed by atoms with Gasteiger partial charge in [0.05, 0.1) is 0 Å². The molecule has 1 atom stereocenters. The molecule has 2 nitrogen and oxygen atoms in total. The average Bonchev–Trinajstić information content (AvgIpc) is 1.59. The van der Waals surface area contributed by atoms with Crippen LogP contribution in [0.3, 0.4) is 0 Å². The smallest absolute Gasteiger partial charge is 0.115 e. The molecule has 9 heavy (non-hydrogen) atoms. The second kappa shape index (κ2) is 2.21. The maximum absolute atomic E-state index is 4.26. The Morgan fingerprint density at radius 2 is 2.22 bits per heavy atom. The third-order valence-corrected chi connectivity index (χ3v) is 1.26. The van der Waals surface area contributed by atoms with Gasteiger partial charge in [0, 0.05) is 11.4 Å². The molecule has 0 fully saturated rings. The van der Waals surface area contributed by atoms with Crippen molar-refractivity contribution in [2.45, 2.75) is 26.9 Å². The Morgan fingerprint density at radius 1 is 1.56 bits per heavy atom. The van der Waals surface area contributed by atoms with Crippen molar-refractivity contribution in [3.8, 4) is 0 Å². The summed E-state index contributed by atoms with van der Waals surface area (Å²) in [6, 6.07) is 0. The zero-order chi connectivity index (χ0) is 6.85. The lowest BCUT2D eigenvalue weighted by Crippen LogP contribution is -2.26. The molecule has 0 aromatic rings.